The molecule has 0 saturated heterocycles. The van der Waals surface area contributed by atoms with Crippen LogP contribution in [0.2, 0.25) is 5.02 Å². The maximum absolute atomic E-state index is 12.0. The molecule has 0 aliphatic rings. The van der Waals surface area contributed by atoms with Crippen LogP contribution in [0.25, 0.3) is 11.0 Å². The molecule has 0 fully saturated rings. The number of nitrogens with two attached hydrogens (primary N) is 1. The van der Waals surface area contributed by atoms with Gasteiger partial charge >= 0.3 is 5.63 Å². The smallest absolute Gasteiger partial charge is 0.336 e. The van der Waals surface area contributed by atoms with Crippen LogP contribution < -0.4 is 16.1 Å². The summed E-state index contributed by atoms with van der Waals surface area (Å²) in [5, 5.41) is 1.22. The van der Waals surface area contributed by atoms with Crippen molar-refractivity contribution < 1.29 is 13.9 Å². The van der Waals surface area contributed by atoms with Gasteiger partial charge in [-0.25, -0.2) is 4.79 Å². The van der Waals surface area contributed by atoms with Crippen molar-refractivity contribution in [2.24, 2.45) is 5.73 Å². The summed E-state index contributed by atoms with van der Waals surface area (Å²) < 4.78 is 11.1. The van der Waals surface area contributed by atoms with Crippen LogP contribution in [0, 0.1) is 6.92 Å². The number of primary amides is 1. The van der Waals surface area contributed by atoms with E-state index in [1.54, 1.807) is 6.07 Å². The van der Waals surface area contributed by atoms with E-state index < -0.39 is 11.5 Å². The average Bonchev–Trinajstić information content (AvgIpc) is 2.58. The molecule has 0 radical (unpaired) electrons. The zero-order valence-corrected chi connectivity index (χ0v) is 16.1. The maximum atomic E-state index is 12.0. The van der Waals surface area contributed by atoms with Gasteiger partial charge in [-0.3, -0.25) is 4.79 Å². The van der Waals surface area contributed by atoms with Crippen LogP contribution in [0.15, 0.2) is 45.6 Å². The minimum atomic E-state index is -0.614. The van der Waals surface area contributed by atoms with E-state index in [9.17, 15) is 9.59 Å². The zero-order chi connectivity index (χ0) is 19.7. The van der Waals surface area contributed by atoms with Gasteiger partial charge in [0.2, 0.25) is 0 Å². The second kappa shape index (κ2) is 7.45. The third-order valence-corrected chi connectivity index (χ3v) is 4.67. The van der Waals surface area contributed by atoms with E-state index in [0.29, 0.717) is 22.1 Å². The standard InChI is InChI=1S/C21H20ClNO4/c1-11(2)16-9-17-13(7-20(24)27-19(17)6-12(16)3)10-26-18-8-14(22)4-5-15(18)21(23)25/h4-9,11H,10H2,1-3H3,(H2,23,25). The molecule has 6 heteroatoms. The molecule has 0 aliphatic heterocycles. The van der Waals surface area contributed by atoms with Gasteiger partial charge in [-0.15, -0.1) is 0 Å². The van der Waals surface area contributed by atoms with Crippen molar-refractivity contribution in [3.05, 3.63) is 74.1 Å². The summed E-state index contributed by atoms with van der Waals surface area (Å²) in [4.78, 5) is 23.6. The Balaban J connectivity index is 2.05. The van der Waals surface area contributed by atoms with E-state index in [2.05, 4.69) is 13.8 Å². The summed E-state index contributed by atoms with van der Waals surface area (Å²) in [7, 11) is 0. The van der Waals surface area contributed by atoms with Gasteiger partial charge in [0.05, 0.1) is 5.56 Å². The van der Waals surface area contributed by atoms with Gasteiger partial charge in [-0.2, -0.15) is 0 Å². The molecule has 1 heterocycles. The number of fused-ring (bicyclic) bond motifs is 1. The molecule has 1 amide bonds. The number of halogens is 1. The van der Waals surface area contributed by atoms with Crippen LogP contribution in [0.5, 0.6) is 5.75 Å². The minimum Gasteiger partial charge on any atom is -0.488 e. The van der Waals surface area contributed by atoms with Crippen LogP contribution in [0.4, 0.5) is 0 Å². The van der Waals surface area contributed by atoms with Crippen LogP contribution in [0.1, 0.15) is 46.8 Å². The summed E-state index contributed by atoms with van der Waals surface area (Å²) in [6.07, 6.45) is 0. The molecule has 0 aliphatic carbocycles. The Kier molecular flexibility index (Phi) is 5.24. The lowest BCUT2D eigenvalue weighted by atomic mass is 9.95. The van der Waals surface area contributed by atoms with E-state index in [1.807, 2.05) is 19.1 Å². The van der Waals surface area contributed by atoms with Crippen molar-refractivity contribution in [2.45, 2.75) is 33.3 Å². The third kappa shape index (κ3) is 3.98. The number of aryl methyl sites for hydroxylation is 1. The van der Waals surface area contributed by atoms with Crippen molar-refractivity contribution in [2.75, 3.05) is 0 Å². The van der Waals surface area contributed by atoms with Crippen LogP contribution >= 0.6 is 11.6 Å². The Labute approximate surface area is 161 Å². The number of hydrogen-bond acceptors (Lipinski definition) is 4. The lowest BCUT2D eigenvalue weighted by Gasteiger charge is -2.14. The Morgan fingerprint density at radius 2 is 1.96 bits per heavy atom. The first kappa shape index (κ1) is 19.0. The second-order valence-corrected chi connectivity index (χ2v) is 7.18. The van der Waals surface area contributed by atoms with Crippen molar-refractivity contribution in [1.82, 2.24) is 0 Å². The molecule has 0 atom stereocenters. The van der Waals surface area contributed by atoms with E-state index in [0.717, 1.165) is 16.5 Å². The number of carbonyl (C=O) groups is 1. The third-order valence-electron chi connectivity index (χ3n) is 4.43. The van der Waals surface area contributed by atoms with Gasteiger partial charge in [0.15, 0.2) is 0 Å². The van der Waals surface area contributed by atoms with Gasteiger partial charge in [0.1, 0.15) is 17.9 Å². The van der Waals surface area contributed by atoms with Crippen LogP contribution in [0.3, 0.4) is 0 Å². The largest absolute Gasteiger partial charge is 0.488 e. The first-order chi connectivity index (χ1) is 12.8. The van der Waals surface area contributed by atoms with Gasteiger partial charge in [0, 0.05) is 22.0 Å². The van der Waals surface area contributed by atoms with Crippen molar-refractivity contribution in [3.8, 4) is 5.75 Å². The van der Waals surface area contributed by atoms with Gasteiger partial charge in [0.25, 0.3) is 5.91 Å². The Bertz CT molecular complexity index is 1090. The molecule has 5 nitrogen and oxygen atoms in total. The summed E-state index contributed by atoms with van der Waals surface area (Å²) in [6, 6.07) is 9.89. The predicted octanol–water partition coefficient (Wildman–Crippen LogP) is 4.56. The molecule has 1 aromatic heterocycles. The molecule has 0 saturated carbocycles. The lowest BCUT2D eigenvalue weighted by molar-refractivity contribution is 0.0996. The van der Waals surface area contributed by atoms with E-state index in [1.165, 1.54) is 18.2 Å². The maximum Gasteiger partial charge on any atom is 0.336 e. The number of benzene rings is 2. The minimum absolute atomic E-state index is 0.0727. The molecule has 0 unspecified atom stereocenters. The van der Waals surface area contributed by atoms with E-state index >= 15 is 0 Å². The zero-order valence-electron chi connectivity index (χ0n) is 15.3. The SMILES string of the molecule is Cc1cc2oc(=O)cc(COc3cc(Cl)ccc3C(N)=O)c2cc1C(C)C. The molecule has 27 heavy (non-hydrogen) atoms. The van der Waals surface area contributed by atoms with Gasteiger partial charge < -0.3 is 14.9 Å². The molecule has 2 N–H and O–H groups in total. The fourth-order valence-electron chi connectivity index (χ4n) is 3.11. The molecular weight excluding hydrogens is 366 g/mol. The van der Waals surface area contributed by atoms with Crippen molar-refractivity contribution in [1.29, 1.82) is 0 Å². The normalized spacial score (nSPS) is 11.1. The average molecular weight is 386 g/mol. The quantitative estimate of drug-likeness (QED) is 0.653. The van der Waals surface area contributed by atoms with Gasteiger partial charge in [-0.1, -0.05) is 25.4 Å². The van der Waals surface area contributed by atoms with E-state index in [-0.39, 0.29) is 17.9 Å². The number of ether oxygens (including phenoxy) is 1. The number of hydrogen-bond donors (Lipinski definition) is 1. The van der Waals surface area contributed by atoms with Crippen molar-refractivity contribution >= 4 is 28.5 Å². The monoisotopic (exact) mass is 385 g/mol. The predicted molar refractivity (Wildman–Crippen MR) is 106 cm³/mol. The molecular formula is C21H20ClNO4. The molecule has 0 bridgehead atoms. The Morgan fingerprint density at radius 3 is 2.63 bits per heavy atom. The Hall–Kier alpha value is -2.79. The second-order valence-electron chi connectivity index (χ2n) is 6.74. The van der Waals surface area contributed by atoms with Crippen LogP contribution in [-0.2, 0) is 6.61 Å². The topological polar surface area (TPSA) is 82.5 Å². The highest BCUT2D eigenvalue weighted by molar-refractivity contribution is 6.30. The highest BCUT2D eigenvalue weighted by Gasteiger charge is 2.14. The fourth-order valence-corrected chi connectivity index (χ4v) is 3.27. The summed E-state index contributed by atoms with van der Waals surface area (Å²) >= 11 is 6.00. The molecule has 0 spiro atoms. The van der Waals surface area contributed by atoms with E-state index in [4.69, 9.17) is 26.5 Å². The summed E-state index contributed by atoms with van der Waals surface area (Å²) in [5.41, 5.74) is 8.55. The molecule has 3 rings (SSSR count). The fraction of sp³-hybridized carbons (Fsp3) is 0.238. The molecule has 3 aromatic rings. The highest BCUT2D eigenvalue weighted by atomic mass is 35.5. The lowest BCUT2D eigenvalue weighted by Crippen LogP contribution is -2.13. The highest BCUT2D eigenvalue weighted by Crippen LogP contribution is 2.29. The van der Waals surface area contributed by atoms with Crippen molar-refractivity contribution in [3.63, 3.8) is 0 Å². The Morgan fingerprint density at radius 1 is 1.22 bits per heavy atom. The number of amides is 1. The summed E-state index contributed by atoms with van der Waals surface area (Å²) in [6.45, 7) is 6.27. The van der Waals surface area contributed by atoms with Crippen LogP contribution in [-0.4, -0.2) is 5.91 Å². The van der Waals surface area contributed by atoms with Gasteiger partial charge in [-0.05, 0) is 54.3 Å². The number of carbonyl (C=O) groups excluding carboxylic acids is 1. The first-order valence-electron chi connectivity index (χ1n) is 8.55. The number of rotatable bonds is 5. The summed E-state index contributed by atoms with van der Waals surface area (Å²) in [5.74, 6) is -0.0195. The first-order valence-corrected chi connectivity index (χ1v) is 8.93. The molecule has 140 valence electrons. The molecule has 2 aromatic carbocycles.